The number of halogens is 1. The summed E-state index contributed by atoms with van der Waals surface area (Å²) in [6.07, 6.45) is 0.601. The van der Waals surface area contributed by atoms with E-state index in [1.54, 1.807) is 6.92 Å². The summed E-state index contributed by atoms with van der Waals surface area (Å²) >= 11 is 0. The van der Waals surface area contributed by atoms with Crippen LogP contribution in [0, 0.1) is 18.7 Å². The highest BCUT2D eigenvalue weighted by Crippen LogP contribution is 2.26. The lowest BCUT2D eigenvalue weighted by Crippen LogP contribution is -2.40. The number of nitrogens with zero attached hydrogens (tertiary/aromatic N) is 1. The van der Waals surface area contributed by atoms with Crippen LogP contribution in [0.15, 0.2) is 23.1 Å². The van der Waals surface area contributed by atoms with Gasteiger partial charge < -0.3 is 5.11 Å². The number of carboxylic acids is 1. The molecule has 0 spiro atoms. The quantitative estimate of drug-likeness (QED) is 0.920. The molecule has 1 fully saturated rings. The molecule has 1 heterocycles. The fraction of sp³-hybridized carbons (Fsp3) is 0.462. The third-order valence-corrected chi connectivity index (χ3v) is 5.62. The standard InChI is InChI=1S/C13H16FNO4S/c1-9-8-11(14)2-3-12(9)20(18,19)15-6-4-10(5-7-15)13(16)17/h2-3,8,10H,4-7H2,1H3,(H,16,17). The smallest absolute Gasteiger partial charge is 0.306 e. The van der Waals surface area contributed by atoms with Crippen molar-refractivity contribution < 1.29 is 22.7 Å². The van der Waals surface area contributed by atoms with Crippen molar-refractivity contribution in [3.8, 4) is 0 Å². The number of hydrogen-bond acceptors (Lipinski definition) is 3. The van der Waals surface area contributed by atoms with E-state index >= 15 is 0 Å². The Kier molecular flexibility index (Phi) is 4.10. The Morgan fingerprint density at radius 3 is 2.45 bits per heavy atom. The predicted octanol–water partition coefficient (Wildman–Crippen LogP) is 1.62. The minimum atomic E-state index is -3.68. The second-order valence-corrected chi connectivity index (χ2v) is 6.83. The van der Waals surface area contributed by atoms with Gasteiger partial charge in [0.2, 0.25) is 10.0 Å². The molecule has 0 aromatic heterocycles. The van der Waals surface area contributed by atoms with Gasteiger partial charge >= 0.3 is 5.97 Å². The molecule has 1 aromatic rings. The second-order valence-electron chi connectivity index (χ2n) is 4.93. The highest BCUT2D eigenvalue weighted by Gasteiger charge is 2.32. The molecule has 0 aliphatic carbocycles. The Hall–Kier alpha value is -1.47. The first-order valence-corrected chi connectivity index (χ1v) is 7.75. The van der Waals surface area contributed by atoms with Gasteiger partial charge in [0.05, 0.1) is 10.8 Å². The summed E-state index contributed by atoms with van der Waals surface area (Å²) in [6, 6.07) is 3.55. The zero-order chi connectivity index (χ0) is 14.9. The van der Waals surface area contributed by atoms with Crippen LogP contribution in [0.25, 0.3) is 0 Å². The average Bonchev–Trinajstić information content (AvgIpc) is 2.38. The van der Waals surface area contributed by atoms with Crippen molar-refractivity contribution in [1.82, 2.24) is 4.31 Å². The molecule has 110 valence electrons. The van der Waals surface area contributed by atoms with Gasteiger partial charge in [-0.3, -0.25) is 4.79 Å². The Morgan fingerprint density at radius 2 is 1.95 bits per heavy atom. The van der Waals surface area contributed by atoms with Crippen LogP contribution in [0.2, 0.25) is 0 Å². The van der Waals surface area contributed by atoms with Crippen molar-refractivity contribution in [3.05, 3.63) is 29.6 Å². The minimum Gasteiger partial charge on any atom is -0.481 e. The number of sulfonamides is 1. The third kappa shape index (κ3) is 2.83. The molecule has 0 bridgehead atoms. The van der Waals surface area contributed by atoms with Gasteiger partial charge in [0.15, 0.2) is 0 Å². The number of rotatable bonds is 3. The lowest BCUT2D eigenvalue weighted by molar-refractivity contribution is -0.142. The number of aryl methyl sites for hydroxylation is 1. The van der Waals surface area contributed by atoms with Crippen molar-refractivity contribution in [1.29, 1.82) is 0 Å². The number of carbonyl (C=O) groups is 1. The van der Waals surface area contributed by atoms with Crippen LogP contribution in [-0.2, 0) is 14.8 Å². The fourth-order valence-corrected chi connectivity index (χ4v) is 4.06. The summed E-state index contributed by atoms with van der Waals surface area (Å²) < 4.78 is 39.2. The number of hydrogen-bond donors (Lipinski definition) is 1. The first kappa shape index (κ1) is 14.9. The molecule has 0 saturated carbocycles. The van der Waals surface area contributed by atoms with Crippen LogP contribution in [0.3, 0.4) is 0 Å². The normalized spacial score (nSPS) is 18.1. The van der Waals surface area contributed by atoms with Gasteiger partial charge in [0, 0.05) is 13.1 Å². The number of benzene rings is 1. The third-order valence-electron chi connectivity index (χ3n) is 3.56. The highest BCUT2D eigenvalue weighted by molar-refractivity contribution is 7.89. The van der Waals surface area contributed by atoms with Crippen molar-refractivity contribution in [2.24, 2.45) is 5.92 Å². The topological polar surface area (TPSA) is 74.7 Å². The molecule has 0 unspecified atom stereocenters. The van der Waals surface area contributed by atoms with Gasteiger partial charge in [-0.15, -0.1) is 0 Å². The van der Waals surface area contributed by atoms with E-state index in [0.717, 1.165) is 6.07 Å². The second kappa shape index (κ2) is 5.49. The monoisotopic (exact) mass is 301 g/mol. The van der Waals surface area contributed by atoms with Crippen LogP contribution in [0.4, 0.5) is 4.39 Å². The molecule has 1 saturated heterocycles. The molecule has 1 aliphatic rings. The van der Waals surface area contributed by atoms with E-state index in [-0.39, 0.29) is 18.0 Å². The summed E-state index contributed by atoms with van der Waals surface area (Å²) in [4.78, 5) is 10.9. The summed E-state index contributed by atoms with van der Waals surface area (Å²) in [6.45, 7) is 1.90. The molecule has 1 aromatic carbocycles. The zero-order valence-corrected chi connectivity index (χ0v) is 11.9. The van der Waals surface area contributed by atoms with E-state index in [1.807, 2.05) is 0 Å². The van der Waals surface area contributed by atoms with E-state index in [9.17, 15) is 17.6 Å². The number of carboxylic acid groups (broad SMARTS) is 1. The van der Waals surface area contributed by atoms with Crippen molar-refractivity contribution in [2.75, 3.05) is 13.1 Å². The van der Waals surface area contributed by atoms with Crippen LogP contribution < -0.4 is 0 Å². The molecule has 1 aliphatic heterocycles. The van der Waals surface area contributed by atoms with Crippen LogP contribution in [0.1, 0.15) is 18.4 Å². The van der Waals surface area contributed by atoms with Gasteiger partial charge in [-0.2, -0.15) is 4.31 Å². The van der Waals surface area contributed by atoms with Gasteiger partial charge in [-0.1, -0.05) is 0 Å². The Bertz CT molecular complexity index is 621. The lowest BCUT2D eigenvalue weighted by Gasteiger charge is -2.29. The maximum atomic E-state index is 13.0. The van der Waals surface area contributed by atoms with Crippen LogP contribution in [-0.4, -0.2) is 36.9 Å². The Morgan fingerprint density at radius 1 is 1.35 bits per heavy atom. The summed E-state index contributed by atoms with van der Waals surface area (Å²) in [7, 11) is -3.68. The Balaban J connectivity index is 2.22. The molecule has 7 heteroatoms. The van der Waals surface area contributed by atoms with Gasteiger partial charge in [0.25, 0.3) is 0 Å². The summed E-state index contributed by atoms with van der Waals surface area (Å²) in [5.74, 6) is -1.86. The lowest BCUT2D eigenvalue weighted by atomic mass is 9.99. The van der Waals surface area contributed by atoms with E-state index in [2.05, 4.69) is 0 Å². The van der Waals surface area contributed by atoms with Crippen LogP contribution >= 0.6 is 0 Å². The van der Waals surface area contributed by atoms with Gasteiger partial charge in [0.1, 0.15) is 5.82 Å². The predicted molar refractivity (Wildman–Crippen MR) is 70.3 cm³/mol. The first-order chi connectivity index (χ1) is 9.32. The van der Waals surface area contributed by atoms with E-state index in [4.69, 9.17) is 5.11 Å². The first-order valence-electron chi connectivity index (χ1n) is 6.31. The molecule has 2 rings (SSSR count). The Labute approximate surface area is 117 Å². The molecular weight excluding hydrogens is 285 g/mol. The van der Waals surface area contributed by atoms with Crippen molar-refractivity contribution >= 4 is 16.0 Å². The zero-order valence-electron chi connectivity index (χ0n) is 11.0. The SMILES string of the molecule is Cc1cc(F)ccc1S(=O)(=O)N1CCC(C(=O)O)CC1. The molecule has 20 heavy (non-hydrogen) atoms. The maximum absolute atomic E-state index is 13.0. The van der Waals surface area contributed by atoms with Gasteiger partial charge in [-0.25, -0.2) is 12.8 Å². The number of piperidine rings is 1. The van der Waals surface area contributed by atoms with Gasteiger partial charge in [-0.05, 0) is 43.5 Å². The van der Waals surface area contributed by atoms with E-state index in [0.29, 0.717) is 18.4 Å². The maximum Gasteiger partial charge on any atom is 0.306 e. The summed E-state index contributed by atoms with van der Waals surface area (Å²) in [5, 5.41) is 8.91. The van der Waals surface area contributed by atoms with Crippen molar-refractivity contribution in [2.45, 2.75) is 24.7 Å². The molecule has 0 radical (unpaired) electrons. The summed E-state index contributed by atoms with van der Waals surface area (Å²) in [5.41, 5.74) is 0.352. The molecular formula is C13H16FNO4S. The highest BCUT2D eigenvalue weighted by atomic mass is 32.2. The van der Waals surface area contributed by atoms with E-state index in [1.165, 1.54) is 16.4 Å². The van der Waals surface area contributed by atoms with Crippen LogP contribution in [0.5, 0.6) is 0 Å². The average molecular weight is 301 g/mol. The molecule has 5 nitrogen and oxygen atoms in total. The molecule has 0 amide bonds. The fourth-order valence-electron chi connectivity index (χ4n) is 2.38. The van der Waals surface area contributed by atoms with Crippen molar-refractivity contribution in [3.63, 3.8) is 0 Å². The number of aliphatic carboxylic acids is 1. The molecule has 0 atom stereocenters. The molecule has 1 N–H and O–H groups in total. The minimum absolute atomic E-state index is 0.0766. The van der Waals surface area contributed by atoms with E-state index < -0.39 is 27.7 Å². The largest absolute Gasteiger partial charge is 0.481 e.